The number of hydrogen-bond acceptors (Lipinski definition) is 4. The van der Waals surface area contributed by atoms with Crippen molar-refractivity contribution in [2.75, 3.05) is 11.9 Å². The van der Waals surface area contributed by atoms with Crippen LogP contribution in [0.4, 0.5) is 5.13 Å². The van der Waals surface area contributed by atoms with E-state index < -0.39 is 0 Å². The van der Waals surface area contributed by atoms with Gasteiger partial charge in [-0.3, -0.25) is 9.59 Å². The van der Waals surface area contributed by atoms with Gasteiger partial charge < -0.3 is 10.2 Å². The third-order valence-electron chi connectivity index (χ3n) is 2.95. The van der Waals surface area contributed by atoms with E-state index in [1.165, 1.54) is 11.3 Å². The van der Waals surface area contributed by atoms with Crippen molar-refractivity contribution in [1.82, 2.24) is 9.88 Å². The van der Waals surface area contributed by atoms with Crippen LogP contribution >= 0.6 is 11.3 Å². The van der Waals surface area contributed by atoms with Gasteiger partial charge in [0.25, 0.3) is 0 Å². The number of aromatic nitrogens is 1. The summed E-state index contributed by atoms with van der Waals surface area (Å²) in [5.41, 5.74) is 0. The number of aryl methyl sites for hydroxylation is 1. The van der Waals surface area contributed by atoms with Crippen LogP contribution in [0, 0.1) is 6.92 Å². The maximum atomic E-state index is 11.9. The van der Waals surface area contributed by atoms with Crippen LogP contribution in [0.3, 0.4) is 0 Å². The van der Waals surface area contributed by atoms with Gasteiger partial charge in [-0.2, -0.15) is 0 Å². The van der Waals surface area contributed by atoms with Crippen molar-refractivity contribution in [2.24, 2.45) is 0 Å². The third kappa shape index (κ3) is 4.02. The van der Waals surface area contributed by atoms with Gasteiger partial charge >= 0.3 is 0 Å². The fourth-order valence-corrected chi connectivity index (χ4v) is 2.57. The lowest BCUT2D eigenvalue weighted by atomic mass is 10.3. The Balaban J connectivity index is 1.89. The van der Waals surface area contributed by atoms with Crippen LogP contribution in [0.2, 0.25) is 0 Å². The van der Waals surface area contributed by atoms with Crippen LogP contribution in [0.25, 0.3) is 0 Å². The average molecular weight is 281 g/mol. The number of rotatable bonds is 6. The molecule has 0 spiro atoms. The zero-order valence-corrected chi connectivity index (χ0v) is 12.1. The molecule has 0 radical (unpaired) electrons. The molecule has 0 aliphatic heterocycles. The summed E-state index contributed by atoms with van der Waals surface area (Å²) in [6.07, 6.45) is 5.08. The molecule has 1 saturated carbocycles. The van der Waals surface area contributed by atoms with E-state index in [1.54, 1.807) is 11.1 Å². The molecule has 6 heteroatoms. The first-order valence-electron chi connectivity index (χ1n) is 6.62. The normalized spacial score (nSPS) is 14.2. The van der Waals surface area contributed by atoms with Gasteiger partial charge in [-0.1, -0.05) is 6.92 Å². The number of carbonyl (C=O) groups is 2. The Morgan fingerprint density at radius 3 is 2.79 bits per heavy atom. The number of anilines is 1. The largest absolute Gasteiger partial charge is 0.330 e. The highest BCUT2D eigenvalue weighted by atomic mass is 32.1. The quantitative estimate of drug-likeness (QED) is 0.869. The van der Waals surface area contributed by atoms with Gasteiger partial charge in [-0.05, 0) is 26.2 Å². The van der Waals surface area contributed by atoms with Crippen LogP contribution in [-0.4, -0.2) is 34.3 Å². The summed E-state index contributed by atoms with van der Waals surface area (Å²) in [5.74, 6) is -0.0822. The molecule has 0 saturated heterocycles. The van der Waals surface area contributed by atoms with E-state index in [1.807, 2.05) is 13.8 Å². The van der Waals surface area contributed by atoms with Crippen molar-refractivity contribution in [3.63, 3.8) is 0 Å². The lowest BCUT2D eigenvalue weighted by molar-refractivity contribution is -0.135. The lowest BCUT2D eigenvalue weighted by Gasteiger charge is -2.21. The molecule has 19 heavy (non-hydrogen) atoms. The number of nitrogens with one attached hydrogen (secondary N) is 1. The summed E-state index contributed by atoms with van der Waals surface area (Å²) in [6.45, 7) is 4.05. The van der Waals surface area contributed by atoms with Gasteiger partial charge in [0.2, 0.25) is 11.8 Å². The first-order valence-corrected chi connectivity index (χ1v) is 7.43. The molecule has 1 N–H and O–H groups in total. The Labute approximate surface area is 117 Å². The van der Waals surface area contributed by atoms with Crippen molar-refractivity contribution in [3.8, 4) is 0 Å². The van der Waals surface area contributed by atoms with Gasteiger partial charge in [0.1, 0.15) is 6.54 Å². The average Bonchev–Trinajstić information content (AvgIpc) is 3.11. The molecule has 1 aromatic rings. The Bertz CT molecular complexity index is 468. The minimum absolute atomic E-state index is 0.0791. The first kappa shape index (κ1) is 14.0. The summed E-state index contributed by atoms with van der Waals surface area (Å²) in [6, 6.07) is 0.267. The molecule has 0 atom stereocenters. The number of nitrogens with zero attached hydrogens (tertiary/aromatic N) is 2. The maximum Gasteiger partial charge on any atom is 0.245 e. The summed E-state index contributed by atoms with van der Waals surface area (Å²) in [5, 5.41) is 3.35. The van der Waals surface area contributed by atoms with Gasteiger partial charge in [0, 0.05) is 23.5 Å². The van der Waals surface area contributed by atoms with Gasteiger partial charge in [0.15, 0.2) is 5.13 Å². The molecule has 5 nitrogen and oxygen atoms in total. The second-order valence-corrected chi connectivity index (χ2v) is 6.06. The predicted molar refractivity (Wildman–Crippen MR) is 75.1 cm³/mol. The second-order valence-electron chi connectivity index (χ2n) is 4.83. The first-order chi connectivity index (χ1) is 9.10. The Morgan fingerprint density at radius 1 is 1.53 bits per heavy atom. The molecule has 1 heterocycles. The lowest BCUT2D eigenvalue weighted by Crippen LogP contribution is -2.39. The smallest absolute Gasteiger partial charge is 0.245 e. The van der Waals surface area contributed by atoms with Crippen LogP contribution in [-0.2, 0) is 9.59 Å². The van der Waals surface area contributed by atoms with E-state index in [0.717, 1.165) is 24.1 Å². The van der Waals surface area contributed by atoms with Crippen molar-refractivity contribution in [3.05, 3.63) is 11.1 Å². The highest BCUT2D eigenvalue weighted by molar-refractivity contribution is 7.15. The molecular weight excluding hydrogens is 262 g/mol. The van der Waals surface area contributed by atoms with Crippen molar-refractivity contribution >= 4 is 28.3 Å². The minimum Gasteiger partial charge on any atom is -0.330 e. The fraction of sp³-hybridized carbons (Fsp3) is 0.615. The van der Waals surface area contributed by atoms with E-state index in [-0.39, 0.29) is 24.4 Å². The molecular formula is C13H19N3O2S. The molecule has 2 amide bonds. The third-order valence-corrected chi connectivity index (χ3v) is 3.78. The van der Waals surface area contributed by atoms with Crippen molar-refractivity contribution in [1.29, 1.82) is 0 Å². The highest BCUT2D eigenvalue weighted by Crippen LogP contribution is 2.27. The van der Waals surface area contributed by atoms with Crippen LogP contribution < -0.4 is 5.32 Å². The van der Waals surface area contributed by atoms with Gasteiger partial charge in [-0.15, -0.1) is 11.3 Å². The van der Waals surface area contributed by atoms with Crippen LogP contribution in [0.5, 0.6) is 0 Å². The second kappa shape index (κ2) is 6.14. The zero-order valence-electron chi connectivity index (χ0n) is 11.3. The zero-order chi connectivity index (χ0) is 13.8. The SMILES string of the molecule is CCCC(=O)N(CC(=O)Nc1ncc(C)s1)C1CC1. The molecule has 0 unspecified atom stereocenters. The summed E-state index contributed by atoms with van der Waals surface area (Å²) in [7, 11) is 0. The molecule has 0 bridgehead atoms. The van der Waals surface area contributed by atoms with E-state index in [0.29, 0.717) is 11.6 Å². The number of hydrogen-bond donors (Lipinski definition) is 1. The molecule has 1 aromatic heterocycles. The predicted octanol–water partition coefficient (Wildman–Crippen LogP) is 2.18. The molecule has 0 aromatic carbocycles. The Hall–Kier alpha value is -1.43. The monoisotopic (exact) mass is 281 g/mol. The maximum absolute atomic E-state index is 11.9. The van der Waals surface area contributed by atoms with Crippen molar-refractivity contribution < 1.29 is 9.59 Å². The van der Waals surface area contributed by atoms with Gasteiger partial charge in [0.05, 0.1) is 0 Å². The Kier molecular flexibility index (Phi) is 4.52. The standard InChI is InChI=1S/C13H19N3O2S/c1-3-4-12(18)16(10-5-6-10)8-11(17)15-13-14-7-9(2)19-13/h7,10H,3-6,8H2,1-2H3,(H,14,15,17). The van der Waals surface area contributed by atoms with Gasteiger partial charge in [-0.25, -0.2) is 4.98 Å². The van der Waals surface area contributed by atoms with E-state index in [2.05, 4.69) is 10.3 Å². The molecule has 1 aliphatic carbocycles. The highest BCUT2D eigenvalue weighted by Gasteiger charge is 2.33. The molecule has 2 rings (SSSR count). The van der Waals surface area contributed by atoms with Crippen LogP contribution in [0.1, 0.15) is 37.5 Å². The molecule has 1 fully saturated rings. The number of amides is 2. The number of thiazole rings is 1. The summed E-state index contributed by atoms with van der Waals surface area (Å²) < 4.78 is 0. The summed E-state index contributed by atoms with van der Waals surface area (Å²) in [4.78, 5) is 30.7. The molecule has 1 aliphatic rings. The minimum atomic E-state index is -0.161. The van der Waals surface area contributed by atoms with E-state index in [9.17, 15) is 9.59 Å². The van der Waals surface area contributed by atoms with Crippen molar-refractivity contribution in [2.45, 2.75) is 45.6 Å². The molecule has 104 valence electrons. The fourth-order valence-electron chi connectivity index (χ4n) is 1.89. The number of carbonyl (C=O) groups excluding carboxylic acids is 2. The van der Waals surface area contributed by atoms with E-state index in [4.69, 9.17) is 0 Å². The topological polar surface area (TPSA) is 62.3 Å². The van der Waals surface area contributed by atoms with Crippen LogP contribution in [0.15, 0.2) is 6.20 Å². The Morgan fingerprint density at radius 2 is 2.26 bits per heavy atom. The van der Waals surface area contributed by atoms with E-state index >= 15 is 0 Å². The summed E-state index contributed by atoms with van der Waals surface area (Å²) >= 11 is 1.44.